The van der Waals surface area contributed by atoms with E-state index in [1.807, 2.05) is 60.7 Å². The van der Waals surface area contributed by atoms with Crippen LogP contribution in [0, 0.1) is 6.92 Å². The normalized spacial score (nSPS) is 17.7. The number of aliphatic hydroxyl groups excluding tert-OH is 1. The summed E-state index contributed by atoms with van der Waals surface area (Å²) < 4.78 is 0. The van der Waals surface area contributed by atoms with E-state index in [4.69, 9.17) is 0 Å². The van der Waals surface area contributed by atoms with E-state index in [2.05, 4.69) is 14.9 Å². The Morgan fingerprint density at radius 1 is 0.923 bits per heavy atom. The molecule has 0 bridgehead atoms. The summed E-state index contributed by atoms with van der Waals surface area (Å²) in [5.74, 6) is -1.59. The lowest BCUT2D eigenvalue weighted by atomic mass is 9.98. The summed E-state index contributed by atoms with van der Waals surface area (Å²) in [6.45, 7) is 3.80. The largest absolute Gasteiger partial charge is 0.503 e. The average molecular weight is 537 g/mol. The molecule has 0 radical (unpaired) electrons. The number of pyridine rings is 1. The molecule has 1 N–H and O–H groups in total. The van der Waals surface area contributed by atoms with Crippen LogP contribution < -0.4 is 9.80 Å². The molecule has 196 valence electrons. The van der Waals surface area contributed by atoms with Crippen LogP contribution in [0.15, 0.2) is 90.3 Å². The summed E-state index contributed by atoms with van der Waals surface area (Å²) in [6, 6.07) is 21.9. The molecule has 0 aliphatic carbocycles. The van der Waals surface area contributed by atoms with Gasteiger partial charge in [0, 0.05) is 36.2 Å². The number of thiazole rings is 1. The van der Waals surface area contributed by atoms with Crippen molar-refractivity contribution in [3.05, 3.63) is 107 Å². The van der Waals surface area contributed by atoms with Crippen molar-refractivity contribution >= 4 is 34.4 Å². The Morgan fingerprint density at radius 3 is 2.31 bits per heavy atom. The number of Topliss-reactive ketones (excluding diaryl/α,β-unsaturated/α-hetero) is 1. The number of carbonyl (C=O) groups excluding carboxylic acids is 2. The van der Waals surface area contributed by atoms with E-state index < -0.39 is 23.5 Å². The summed E-state index contributed by atoms with van der Waals surface area (Å²) in [6.07, 6.45) is 5.21. The number of rotatable bonds is 6. The van der Waals surface area contributed by atoms with Gasteiger partial charge in [-0.15, -0.1) is 11.3 Å². The Hall–Kier alpha value is -4.30. The molecule has 1 atom stereocenters. The van der Waals surface area contributed by atoms with E-state index in [-0.39, 0.29) is 5.57 Å². The molecule has 39 heavy (non-hydrogen) atoms. The van der Waals surface area contributed by atoms with Crippen molar-refractivity contribution in [1.29, 1.82) is 0 Å². The maximum absolute atomic E-state index is 14.0. The highest BCUT2D eigenvalue weighted by Gasteiger charge is 2.46. The summed E-state index contributed by atoms with van der Waals surface area (Å²) in [5, 5.41) is 11.9. The zero-order valence-electron chi connectivity index (χ0n) is 21.6. The molecule has 1 saturated heterocycles. The zero-order chi connectivity index (χ0) is 26.9. The number of aromatic nitrogens is 2. The molecule has 8 heteroatoms. The van der Waals surface area contributed by atoms with Crippen LogP contribution in [0.5, 0.6) is 0 Å². The standard InChI is InChI=1S/C31H28N4O3S/c1-20-29(39-30(33-20)21-10-4-2-5-11-21)27(36)25-26(24-12-6-7-17-32-24)35(31(38)28(25)37)23-15-13-22(14-16-23)34-18-8-3-9-19-34/h2,4-7,10-17,26,37H,3,8-9,18-19H2,1H3. The van der Waals surface area contributed by atoms with Crippen molar-refractivity contribution in [2.75, 3.05) is 22.9 Å². The number of ketones is 1. The first kappa shape index (κ1) is 25.0. The lowest BCUT2D eigenvalue weighted by Gasteiger charge is -2.30. The van der Waals surface area contributed by atoms with Gasteiger partial charge in [0.25, 0.3) is 5.91 Å². The fourth-order valence-electron chi connectivity index (χ4n) is 5.33. The summed E-state index contributed by atoms with van der Waals surface area (Å²) in [4.78, 5) is 40.9. The molecule has 1 amide bonds. The van der Waals surface area contributed by atoms with Gasteiger partial charge >= 0.3 is 0 Å². The van der Waals surface area contributed by atoms with Gasteiger partial charge in [-0.25, -0.2) is 4.98 Å². The number of hydrogen-bond donors (Lipinski definition) is 1. The van der Waals surface area contributed by atoms with Crippen LogP contribution in [0.2, 0.25) is 0 Å². The topological polar surface area (TPSA) is 86.6 Å². The lowest BCUT2D eigenvalue weighted by Crippen LogP contribution is -2.32. The van der Waals surface area contributed by atoms with Crippen LogP contribution in [-0.2, 0) is 4.79 Å². The molecule has 2 aliphatic heterocycles. The fourth-order valence-corrected chi connectivity index (χ4v) is 6.36. The van der Waals surface area contributed by atoms with Gasteiger partial charge < -0.3 is 10.0 Å². The van der Waals surface area contributed by atoms with E-state index in [1.54, 1.807) is 25.3 Å². The van der Waals surface area contributed by atoms with E-state index in [0.29, 0.717) is 27.0 Å². The number of aryl methyl sites for hydroxylation is 1. The first-order chi connectivity index (χ1) is 19.0. The monoisotopic (exact) mass is 536 g/mol. The minimum Gasteiger partial charge on any atom is -0.503 e. The molecule has 2 aromatic heterocycles. The van der Waals surface area contributed by atoms with Gasteiger partial charge in [-0.3, -0.25) is 19.5 Å². The van der Waals surface area contributed by atoms with E-state index in [9.17, 15) is 14.7 Å². The average Bonchev–Trinajstić information content (AvgIpc) is 3.51. The van der Waals surface area contributed by atoms with Crippen molar-refractivity contribution in [2.45, 2.75) is 32.2 Å². The molecular formula is C31H28N4O3S. The number of piperidine rings is 1. The Kier molecular flexibility index (Phi) is 6.70. The van der Waals surface area contributed by atoms with Gasteiger partial charge in [0.1, 0.15) is 11.0 Å². The van der Waals surface area contributed by atoms with Crippen molar-refractivity contribution in [1.82, 2.24) is 9.97 Å². The number of amides is 1. The first-order valence-corrected chi connectivity index (χ1v) is 13.9. The van der Waals surface area contributed by atoms with E-state index in [1.165, 1.54) is 35.5 Å². The number of anilines is 2. The fraction of sp³-hybridized carbons (Fsp3) is 0.226. The second kappa shape index (κ2) is 10.5. The number of carbonyl (C=O) groups is 2. The molecule has 0 spiro atoms. The molecule has 0 saturated carbocycles. The van der Waals surface area contributed by atoms with Gasteiger partial charge in [0.15, 0.2) is 5.76 Å². The SMILES string of the molecule is Cc1nc(-c2ccccc2)sc1C(=O)C1=C(O)C(=O)N(c2ccc(N3CCCCC3)cc2)C1c1ccccn1. The van der Waals surface area contributed by atoms with Crippen molar-refractivity contribution in [3.8, 4) is 10.6 Å². The Bertz CT molecular complexity index is 1540. The van der Waals surface area contributed by atoms with Crippen molar-refractivity contribution < 1.29 is 14.7 Å². The predicted octanol–water partition coefficient (Wildman–Crippen LogP) is 6.29. The molecule has 4 aromatic rings. The summed E-state index contributed by atoms with van der Waals surface area (Å²) in [5.41, 5.74) is 3.68. The summed E-state index contributed by atoms with van der Waals surface area (Å²) >= 11 is 1.26. The number of hydrogen-bond acceptors (Lipinski definition) is 7. The number of aliphatic hydroxyl groups is 1. The quantitative estimate of drug-likeness (QED) is 0.292. The third-order valence-electron chi connectivity index (χ3n) is 7.29. The van der Waals surface area contributed by atoms with Gasteiger partial charge in [0.2, 0.25) is 5.78 Å². The van der Waals surface area contributed by atoms with Gasteiger partial charge in [-0.2, -0.15) is 0 Å². The van der Waals surface area contributed by atoms with Crippen molar-refractivity contribution in [3.63, 3.8) is 0 Å². The van der Waals surface area contributed by atoms with Crippen LogP contribution in [0.4, 0.5) is 11.4 Å². The molecule has 6 rings (SSSR count). The number of nitrogens with zero attached hydrogens (tertiary/aromatic N) is 4. The highest BCUT2D eigenvalue weighted by molar-refractivity contribution is 7.17. The second-order valence-corrected chi connectivity index (χ2v) is 10.8. The van der Waals surface area contributed by atoms with Gasteiger partial charge in [0.05, 0.1) is 21.8 Å². The Balaban J connectivity index is 1.39. The van der Waals surface area contributed by atoms with Crippen LogP contribution in [0.3, 0.4) is 0 Å². The predicted molar refractivity (Wildman–Crippen MR) is 153 cm³/mol. The van der Waals surface area contributed by atoms with E-state index in [0.717, 1.165) is 24.3 Å². The van der Waals surface area contributed by atoms with Crippen LogP contribution in [0.1, 0.15) is 46.4 Å². The van der Waals surface area contributed by atoms with E-state index >= 15 is 0 Å². The van der Waals surface area contributed by atoms with Crippen LogP contribution in [0.25, 0.3) is 10.6 Å². The van der Waals surface area contributed by atoms with Gasteiger partial charge in [-0.05, 0) is 62.6 Å². The lowest BCUT2D eigenvalue weighted by molar-refractivity contribution is -0.117. The molecule has 4 heterocycles. The summed E-state index contributed by atoms with van der Waals surface area (Å²) in [7, 11) is 0. The van der Waals surface area contributed by atoms with Crippen LogP contribution in [-0.4, -0.2) is 39.9 Å². The highest BCUT2D eigenvalue weighted by atomic mass is 32.1. The Morgan fingerprint density at radius 2 is 1.62 bits per heavy atom. The third-order valence-corrected chi connectivity index (χ3v) is 8.50. The molecule has 2 aromatic carbocycles. The number of benzene rings is 2. The minimum atomic E-state index is -0.867. The molecule has 1 unspecified atom stereocenters. The first-order valence-electron chi connectivity index (χ1n) is 13.1. The van der Waals surface area contributed by atoms with Crippen LogP contribution >= 0.6 is 11.3 Å². The second-order valence-electron chi connectivity index (χ2n) is 9.79. The molecule has 7 nitrogen and oxygen atoms in total. The minimum absolute atomic E-state index is 0.0187. The smallest absolute Gasteiger partial charge is 0.294 e. The molecule has 1 fully saturated rings. The molecular weight excluding hydrogens is 508 g/mol. The maximum atomic E-state index is 14.0. The van der Waals surface area contributed by atoms with Crippen molar-refractivity contribution in [2.24, 2.45) is 0 Å². The Labute approximate surface area is 231 Å². The highest BCUT2D eigenvalue weighted by Crippen LogP contribution is 2.43. The zero-order valence-corrected chi connectivity index (χ0v) is 22.4. The maximum Gasteiger partial charge on any atom is 0.294 e. The third kappa shape index (κ3) is 4.61. The molecule has 2 aliphatic rings. The van der Waals surface area contributed by atoms with Gasteiger partial charge in [-0.1, -0.05) is 36.4 Å².